The molecule has 23 heavy (non-hydrogen) atoms. The average molecular weight is 313 g/mol. The Labute approximate surface area is 140 Å². The lowest BCUT2D eigenvalue weighted by Gasteiger charge is -2.31. The fourth-order valence-corrected chi connectivity index (χ4v) is 3.49. The third-order valence-electron chi connectivity index (χ3n) is 5.38. The molecule has 3 heteroatoms. The molecule has 1 unspecified atom stereocenters. The van der Waals surface area contributed by atoms with E-state index in [4.69, 9.17) is 5.73 Å². The van der Waals surface area contributed by atoms with Gasteiger partial charge in [-0.3, -0.25) is 4.90 Å². The number of hydrogen-bond donors (Lipinski definition) is 1. The smallest absolute Gasteiger partial charge is 0.0484 e. The number of hydrogen-bond acceptors (Lipinski definition) is 2. The van der Waals surface area contributed by atoms with Crippen molar-refractivity contribution >= 4 is 10.9 Å². The first-order chi connectivity index (χ1) is 10.7. The zero-order chi connectivity index (χ0) is 16.9. The quantitative estimate of drug-likeness (QED) is 0.935. The van der Waals surface area contributed by atoms with Crippen LogP contribution in [-0.4, -0.2) is 21.0 Å². The number of aromatic nitrogens is 1. The molecular weight excluding hydrogens is 282 g/mol. The average Bonchev–Trinajstić information content (AvgIpc) is 2.98. The summed E-state index contributed by atoms with van der Waals surface area (Å²) in [5, 5.41) is 1.39. The summed E-state index contributed by atoms with van der Waals surface area (Å²) in [7, 11) is 2.15. The summed E-state index contributed by atoms with van der Waals surface area (Å²) in [6.07, 6.45) is 3.22. The van der Waals surface area contributed by atoms with Crippen molar-refractivity contribution in [1.29, 1.82) is 0 Å². The Hall–Kier alpha value is -1.32. The maximum atomic E-state index is 6.32. The number of rotatable bonds is 3. The number of nitrogens with two attached hydrogens (primary N) is 1. The van der Waals surface area contributed by atoms with Crippen LogP contribution in [0.25, 0.3) is 10.9 Å². The number of fused-ring (bicyclic) bond motifs is 2. The third kappa shape index (κ3) is 3.05. The molecule has 1 atom stereocenters. The van der Waals surface area contributed by atoms with E-state index in [0.717, 1.165) is 19.5 Å². The van der Waals surface area contributed by atoms with Gasteiger partial charge in [0.1, 0.15) is 0 Å². The zero-order valence-corrected chi connectivity index (χ0v) is 15.5. The summed E-state index contributed by atoms with van der Waals surface area (Å²) in [6.45, 7) is 13.4. The highest BCUT2D eigenvalue weighted by molar-refractivity contribution is 5.86. The molecule has 0 saturated carbocycles. The second-order valence-electron chi connectivity index (χ2n) is 8.54. The minimum Gasteiger partial charge on any atom is -0.350 e. The van der Waals surface area contributed by atoms with Gasteiger partial charge in [0.05, 0.1) is 0 Å². The molecular formula is C20H31N3. The molecule has 2 heterocycles. The van der Waals surface area contributed by atoms with E-state index >= 15 is 0 Å². The second-order valence-corrected chi connectivity index (χ2v) is 8.54. The van der Waals surface area contributed by atoms with E-state index in [1.807, 2.05) is 0 Å². The molecule has 0 amide bonds. The molecule has 0 aliphatic carbocycles. The van der Waals surface area contributed by atoms with Crippen LogP contribution in [0.3, 0.4) is 0 Å². The second kappa shape index (κ2) is 5.64. The summed E-state index contributed by atoms with van der Waals surface area (Å²) >= 11 is 0. The summed E-state index contributed by atoms with van der Waals surface area (Å²) in [5.74, 6) is 0.510. The molecule has 0 radical (unpaired) electrons. The molecule has 1 aromatic heterocycles. The minimum atomic E-state index is 0.216. The van der Waals surface area contributed by atoms with Crippen molar-refractivity contribution in [2.45, 2.75) is 65.7 Å². The van der Waals surface area contributed by atoms with Gasteiger partial charge in [-0.2, -0.15) is 0 Å². The van der Waals surface area contributed by atoms with Crippen LogP contribution < -0.4 is 5.73 Å². The normalized spacial score (nSPS) is 17.2. The lowest BCUT2D eigenvalue weighted by atomic mass is 9.96. The van der Waals surface area contributed by atoms with E-state index in [9.17, 15) is 0 Å². The molecule has 2 aromatic rings. The van der Waals surface area contributed by atoms with E-state index in [-0.39, 0.29) is 11.6 Å². The first kappa shape index (κ1) is 16.5. The van der Waals surface area contributed by atoms with Crippen molar-refractivity contribution in [3.8, 4) is 0 Å². The highest BCUT2D eigenvalue weighted by Gasteiger charge is 2.29. The fraction of sp³-hybridized carbons (Fsp3) is 0.600. The van der Waals surface area contributed by atoms with Gasteiger partial charge in [-0.15, -0.1) is 0 Å². The topological polar surface area (TPSA) is 34.2 Å². The Morgan fingerprint density at radius 3 is 2.30 bits per heavy atom. The predicted molar refractivity (Wildman–Crippen MR) is 98.4 cm³/mol. The monoisotopic (exact) mass is 313 g/mol. The number of nitrogens with zero attached hydrogens (tertiary/aromatic N) is 2. The zero-order valence-electron chi connectivity index (χ0n) is 15.5. The van der Waals surface area contributed by atoms with Gasteiger partial charge in [-0.1, -0.05) is 13.8 Å². The Kier molecular flexibility index (Phi) is 4.06. The molecule has 2 N–H and O–H groups in total. The molecule has 3 nitrogen and oxygen atoms in total. The van der Waals surface area contributed by atoms with Crippen LogP contribution in [0.2, 0.25) is 0 Å². The largest absolute Gasteiger partial charge is 0.350 e. The van der Waals surface area contributed by atoms with Crippen LogP contribution in [0.1, 0.15) is 51.3 Å². The predicted octanol–water partition coefficient (Wildman–Crippen LogP) is 3.82. The first-order valence-electron chi connectivity index (χ1n) is 8.77. The van der Waals surface area contributed by atoms with Crippen LogP contribution >= 0.6 is 0 Å². The summed E-state index contributed by atoms with van der Waals surface area (Å²) in [4.78, 5) is 2.55. The molecule has 1 aliphatic heterocycles. The maximum Gasteiger partial charge on any atom is 0.0484 e. The van der Waals surface area contributed by atoms with Crippen molar-refractivity contribution in [2.24, 2.45) is 18.7 Å². The first-order valence-corrected chi connectivity index (χ1v) is 8.77. The molecule has 0 bridgehead atoms. The van der Waals surface area contributed by atoms with Crippen molar-refractivity contribution in [2.75, 3.05) is 0 Å². The van der Waals surface area contributed by atoms with Crippen molar-refractivity contribution in [3.63, 3.8) is 0 Å². The highest BCUT2D eigenvalue weighted by Crippen LogP contribution is 2.34. The third-order valence-corrected chi connectivity index (χ3v) is 5.38. The standard InChI is InChI=1S/C20H31N3/c1-13(2)18(21)8-16-10-22(6)19-9-15-12-23(20(3,4)5)11-14(15)7-17(16)19/h7,9-10,13,18H,8,11-12,21H2,1-6H3. The van der Waals surface area contributed by atoms with Gasteiger partial charge < -0.3 is 10.3 Å². The van der Waals surface area contributed by atoms with Crippen LogP contribution in [0.15, 0.2) is 18.3 Å². The van der Waals surface area contributed by atoms with E-state index < -0.39 is 0 Å². The molecule has 126 valence electrons. The Balaban J connectivity index is 1.99. The maximum absolute atomic E-state index is 6.32. The molecule has 1 aliphatic rings. The van der Waals surface area contributed by atoms with E-state index in [2.05, 4.69) is 69.5 Å². The number of benzene rings is 1. The van der Waals surface area contributed by atoms with Crippen LogP contribution in [0, 0.1) is 5.92 Å². The highest BCUT2D eigenvalue weighted by atomic mass is 15.2. The van der Waals surface area contributed by atoms with E-state index in [0.29, 0.717) is 5.92 Å². The van der Waals surface area contributed by atoms with Crippen LogP contribution in [-0.2, 0) is 26.6 Å². The molecule has 0 saturated heterocycles. The van der Waals surface area contributed by atoms with Gasteiger partial charge in [0, 0.05) is 48.8 Å². The van der Waals surface area contributed by atoms with Gasteiger partial charge >= 0.3 is 0 Å². The lowest BCUT2D eigenvalue weighted by Crippen LogP contribution is -2.36. The summed E-state index contributed by atoms with van der Waals surface area (Å²) in [5.41, 5.74) is 12.2. The Morgan fingerprint density at radius 1 is 1.13 bits per heavy atom. The molecule has 0 spiro atoms. The SMILES string of the molecule is CC(C)C(N)Cc1cn(C)c2cc3c(cc12)CN(C(C)(C)C)C3. The van der Waals surface area contributed by atoms with E-state index in [1.54, 1.807) is 0 Å². The Morgan fingerprint density at radius 2 is 1.74 bits per heavy atom. The lowest BCUT2D eigenvalue weighted by molar-refractivity contribution is 0.136. The van der Waals surface area contributed by atoms with Gasteiger partial charge in [-0.25, -0.2) is 0 Å². The van der Waals surface area contributed by atoms with Crippen molar-refractivity contribution in [3.05, 3.63) is 35.0 Å². The van der Waals surface area contributed by atoms with Gasteiger partial charge in [0.25, 0.3) is 0 Å². The summed E-state index contributed by atoms with van der Waals surface area (Å²) in [6, 6.07) is 5.03. The molecule has 0 fully saturated rings. The van der Waals surface area contributed by atoms with Crippen molar-refractivity contribution in [1.82, 2.24) is 9.47 Å². The van der Waals surface area contributed by atoms with Crippen LogP contribution in [0.5, 0.6) is 0 Å². The Bertz CT molecular complexity index is 719. The van der Waals surface area contributed by atoms with Gasteiger partial charge in [0.15, 0.2) is 0 Å². The number of aryl methyl sites for hydroxylation is 1. The summed E-state index contributed by atoms with van der Waals surface area (Å²) < 4.78 is 2.26. The molecule has 3 rings (SSSR count). The van der Waals surface area contributed by atoms with Crippen LogP contribution in [0.4, 0.5) is 0 Å². The molecule has 1 aromatic carbocycles. The minimum absolute atomic E-state index is 0.216. The fourth-order valence-electron chi connectivity index (χ4n) is 3.49. The van der Waals surface area contributed by atoms with Crippen molar-refractivity contribution < 1.29 is 0 Å². The van der Waals surface area contributed by atoms with E-state index in [1.165, 1.54) is 27.6 Å². The van der Waals surface area contributed by atoms with Gasteiger partial charge in [0.2, 0.25) is 0 Å². The van der Waals surface area contributed by atoms with Gasteiger partial charge in [-0.05, 0) is 61.9 Å².